The van der Waals surface area contributed by atoms with Gasteiger partial charge >= 0.3 is 12.2 Å². The highest BCUT2D eigenvalue weighted by Gasteiger charge is 2.33. The summed E-state index contributed by atoms with van der Waals surface area (Å²) in [6.07, 6.45) is -0.839. The number of nitrogens with one attached hydrogen (secondary N) is 2. The number of benzene rings is 2. The number of hydrogen-bond donors (Lipinski definition) is 3. The van der Waals surface area contributed by atoms with Crippen LogP contribution in [0.15, 0.2) is 48.5 Å². The Morgan fingerprint density at radius 3 is 2.77 bits per heavy atom. The number of aliphatic hydroxyl groups is 1. The van der Waals surface area contributed by atoms with E-state index < -0.39 is 24.3 Å². The second-order valence-electron chi connectivity index (χ2n) is 7.43. The van der Waals surface area contributed by atoms with Gasteiger partial charge in [-0.25, -0.2) is 9.59 Å². The van der Waals surface area contributed by atoms with Crippen LogP contribution in [0.1, 0.15) is 17.5 Å². The van der Waals surface area contributed by atoms with Crippen LogP contribution < -0.4 is 15.5 Å². The fourth-order valence-corrected chi connectivity index (χ4v) is 3.60. The Morgan fingerprint density at radius 1 is 1.23 bits per heavy atom. The van der Waals surface area contributed by atoms with Crippen LogP contribution >= 0.6 is 0 Å². The van der Waals surface area contributed by atoms with Gasteiger partial charge in [-0.1, -0.05) is 30.3 Å². The predicted molar refractivity (Wildman–Crippen MR) is 112 cm³/mol. The largest absolute Gasteiger partial charge is 0.445 e. The van der Waals surface area contributed by atoms with Crippen LogP contribution in [0.5, 0.6) is 0 Å². The average Bonchev–Trinajstić information content (AvgIpc) is 3.09. The number of carbonyl (C=O) groups is 3. The number of aryl methyl sites for hydroxylation is 1. The van der Waals surface area contributed by atoms with Gasteiger partial charge in [-0.2, -0.15) is 0 Å². The Hall–Kier alpha value is -3.59. The van der Waals surface area contributed by atoms with E-state index in [-0.39, 0.29) is 25.7 Å². The van der Waals surface area contributed by atoms with E-state index in [1.54, 1.807) is 12.1 Å². The van der Waals surface area contributed by atoms with Crippen LogP contribution in [-0.4, -0.2) is 48.5 Å². The molecule has 9 heteroatoms. The van der Waals surface area contributed by atoms with Crippen LogP contribution in [0.3, 0.4) is 0 Å². The van der Waals surface area contributed by atoms with Crippen LogP contribution in [-0.2, 0) is 27.3 Å². The van der Waals surface area contributed by atoms with Gasteiger partial charge in [0.15, 0.2) is 0 Å². The third-order valence-electron chi connectivity index (χ3n) is 5.26. The van der Waals surface area contributed by atoms with E-state index in [1.807, 2.05) is 36.4 Å². The van der Waals surface area contributed by atoms with Crippen molar-refractivity contribution in [2.45, 2.75) is 31.6 Å². The summed E-state index contributed by atoms with van der Waals surface area (Å²) in [5.74, 6) is -0.330. The van der Waals surface area contributed by atoms with Gasteiger partial charge in [-0.3, -0.25) is 9.69 Å². The lowest BCUT2D eigenvalue weighted by Gasteiger charge is -2.16. The molecule has 9 nitrogen and oxygen atoms in total. The Kier molecular flexibility index (Phi) is 6.03. The molecule has 2 aromatic rings. The van der Waals surface area contributed by atoms with Gasteiger partial charge in [0.1, 0.15) is 18.8 Å². The molecule has 0 spiro atoms. The van der Waals surface area contributed by atoms with Crippen molar-refractivity contribution in [2.75, 3.05) is 23.4 Å². The summed E-state index contributed by atoms with van der Waals surface area (Å²) < 4.78 is 10.3. The average molecular weight is 425 g/mol. The number of cyclic esters (lactones) is 1. The van der Waals surface area contributed by atoms with Gasteiger partial charge in [0.25, 0.3) is 0 Å². The third kappa shape index (κ3) is 4.77. The molecule has 1 fully saturated rings. The summed E-state index contributed by atoms with van der Waals surface area (Å²) in [4.78, 5) is 38.2. The maximum Gasteiger partial charge on any atom is 0.414 e. The first-order valence-electron chi connectivity index (χ1n) is 10.0. The fraction of sp³-hybridized carbons (Fsp3) is 0.318. The number of fused-ring (bicyclic) bond motifs is 1. The molecule has 3 amide bonds. The summed E-state index contributed by atoms with van der Waals surface area (Å²) >= 11 is 0. The molecule has 3 N–H and O–H groups in total. The van der Waals surface area contributed by atoms with Crippen LogP contribution in [0.2, 0.25) is 0 Å². The zero-order valence-electron chi connectivity index (χ0n) is 16.7. The maximum absolute atomic E-state index is 12.6. The van der Waals surface area contributed by atoms with Crippen LogP contribution in [0.25, 0.3) is 0 Å². The van der Waals surface area contributed by atoms with E-state index in [0.29, 0.717) is 24.2 Å². The van der Waals surface area contributed by atoms with Gasteiger partial charge in [-0.15, -0.1) is 0 Å². The van der Waals surface area contributed by atoms with Crippen molar-refractivity contribution in [2.24, 2.45) is 0 Å². The molecule has 2 atom stereocenters. The number of aliphatic hydroxyl groups excluding tert-OH is 1. The Morgan fingerprint density at radius 2 is 2.03 bits per heavy atom. The van der Waals surface area contributed by atoms with Gasteiger partial charge in [-0.05, 0) is 42.2 Å². The van der Waals surface area contributed by atoms with Crippen molar-refractivity contribution in [3.05, 3.63) is 59.7 Å². The molecular formula is C22H23N3O6. The van der Waals surface area contributed by atoms with E-state index in [0.717, 1.165) is 11.1 Å². The van der Waals surface area contributed by atoms with Crippen molar-refractivity contribution < 1.29 is 29.0 Å². The van der Waals surface area contributed by atoms with Crippen molar-refractivity contribution in [1.82, 2.24) is 5.32 Å². The molecule has 31 heavy (non-hydrogen) atoms. The highest BCUT2D eigenvalue weighted by atomic mass is 16.6. The Balaban J connectivity index is 1.38. The first-order valence-corrected chi connectivity index (χ1v) is 10.0. The molecule has 1 saturated heterocycles. The number of rotatable bonds is 5. The predicted octanol–water partition coefficient (Wildman–Crippen LogP) is 2.18. The molecule has 0 radical (unpaired) electrons. The summed E-state index contributed by atoms with van der Waals surface area (Å²) in [5, 5.41) is 14.6. The first-order chi connectivity index (χ1) is 15.0. The van der Waals surface area contributed by atoms with Gasteiger partial charge in [0.2, 0.25) is 5.91 Å². The van der Waals surface area contributed by atoms with E-state index in [2.05, 4.69) is 10.6 Å². The SMILES string of the molecule is O=C(NC1CCc2cc(N3CC(CO)OC3=O)ccc2NC1=O)OCc1ccccc1. The molecule has 2 aliphatic heterocycles. The zero-order valence-corrected chi connectivity index (χ0v) is 16.7. The van der Waals surface area contributed by atoms with Gasteiger partial charge in [0, 0.05) is 11.4 Å². The molecular weight excluding hydrogens is 402 g/mol. The van der Waals surface area contributed by atoms with E-state index >= 15 is 0 Å². The molecule has 162 valence electrons. The fourth-order valence-electron chi connectivity index (χ4n) is 3.60. The number of alkyl carbamates (subject to hydrolysis) is 1. The van der Waals surface area contributed by atoms with Gasteiger partial charge < -0.3 is 25.2 Å². The molecule has 0 aliphatic carbocycles. The third-order valence-corrected chi connectivity index (χ3v) is 5.26. The molecule has 0 bridgehead atoms. The zero-order chi connectivity index (χ0) is 21.8. The van der Waals surface area contributed by atoms with E-state index in [1.165, 1.54) is 4.90 Å². The van der Waals surface area contributed by atoms with Crippen molar-refractivity contribution in [3.63, 3.8) is 0 Å². The summed E-state index contributed by atoms with van der Waals surface area (Å²) in [6.45, 7) is 0.139. The quantitative estimate of drug-likeness (QED) is 0.676. The van der Waals surface area contributed by atoms with E-state index in [4.69, 9.17) is 9.47 Å². The Bertz CT molecular complexity index is 980. The van der Waals surface area contributed by atoms with Crippen molar-refractivity contribution >= 4 is 29.5 Å². The number of nitrogens with zero attached hydrogens (tertiary/aromatic N) is 1. The lowest BCUT2D eigenvalue weighted by atomic mass is 10.0. The van der Waals surface area contributed by atoms with E-state index in [9.17, 15) is 19.5 Å². The number of ether oxygens (including phenoxy) is 2. The highest BCUT2D eigenvalue weighted by Crippen LogP contribution is 2.29. The topological polar surface area (TPSA) is 117 Å². The monoisotopic (exact) mass is 425 g/mol. The second kappa shape index (κ2) is 9.05. The second-order valence-corrected chi connectivity index (χ2v) is 7.43. The van der Waals surface area contributed by atoms with Gasteiger partial charge in [0.05, 0.1) is 13.2 Å². The standard InChI is InChI=1S/C22H23N3O6/c26-12-17-11-25(22(29)31-17)16-7-9-18-15(10-16)6-8-19(20(27)23-18)24-21(28)30-13-14-4-2-1-3-5-14/h1-5,7,9-10,17,19,26H,6,8,11-13H2,(H,23,27)(H,24,28). The summed E-state index contributed by atoms with van der Waals surface area (Å²) in [5.41, 5.74) is 2.95. The van der Waals surface area contributed by atoms with Crippen LogP contribution in [0, 0.1) is 0 Å². The smallest absolute Gasteiger partial charge is 0.414 e. The molecule has 0 saturated carbocycles. The number of carbonyl (C=O) groups excluding carboxylic acids is 3. The number of anilines is 2. The molecule has 4 rings (SSSR count). The first kappa shape index (κ1) is 20.7. The number of amides is 3. The molecule has 2 heterocycles. The maximum atomic E-state index is 12.6. The molecule has 2 unspecified atom stereocenters. The lowest BCUT2D eigenvalue weighted by molar-refractivity contribution is -0.118. The molecule has 0 aromatic heterocycles. The van der Waals surface area contributed by atoms with Crippen molar-refractivity contribution in [3.8, 4) is 0 Å². The summed E-state index contributed by atoms with van der Waals surface area (Å²) in [6, 6.07) is 13.8. The minimum atomic E-state index is -0.741. The van der Waals surface area contributed by atoms with Crippen molar-refractivity contribution in [1.29, 1.82) is 0 Å². The Labute approximate surface area is 178 Å². The van der Waals surface area contributed by atoms with Crippen LogP contribution in [0.4, 0.5) is 21.0 Å². The lowest BCUT2D eigenvalue weighted by Crippen LogP contribution is -2.43. The minimum Gasteiger partial charge on any atom is -0.445 e. The highest BCUT2D eigenvalue weighted by molar-refractivity contribution is 5.98. The molecule has 2 aromatic carbocycles. The number of hydrogen-bond acceptors (Lipinski definition) is 6. The molecule has 2 aliphatic rings. The summed E-state index contributed by atoms with van der Waals surface area (Å²) in [7, 11) is 0. The minimum absolute atomic E-state index is 0.116. The normalized spacial score (nSPS) is 20.4.